The number of ether oxygens (including phenoxy) is 2. The molecule has 1 saturated heterocycles. The summed E-state index contributed by atoms with van der Waals surface area (Å²) in [5.74, 6) is -2.40. The van der Waals surface area contributed by atoms with Gasteiger partial charge >= 0.3 is 11.9 Å². The normalized spacial score (nSPS) is 32.3. The number of unbranched alkanes of at least 4 members (excludes halogenated alkanes) is 1. The summed E-state index contributed by atoms with van der Waals surface area (Å²) in [5, 5.41) is 37.9. The van der Waals surface area contributed by atoms with Crippen LogP contribution in [0.1, 0.15) is 19.3 Å². The zero-order valence-electron chi connectivity index (χ0n) is 12.6. The lowest BCUT2D eigenvalue weighted by atomic mass is 9.95. The molecule has 0 aromatic rings. The quantitative estimate of drug-likeness (QED) is 0.196. The zero-order chi connectivity index (χ0) is 17.6. The first-order valence-corrected chi connectivity index (χ1v) is 7.34. The van der Waals surface area contributed by atoms with Gasteiger partial charge in [-0.15, -0.1) is 0 Å². The fraction of sp³-hybridized carbons (Fsp3) is 0.846. The monoisotopic (exact) mass is 336 g/mol. The van der Waals surface area contributed by atoms with E-state index in [0.717, 1.165) is 0 Å². The van der Waals surface area contributed by atoms with E-state index in [1.807, 2.05) is 0 Å². The molecular weight excluding hydrogens is 312 g/mol. The van der Waals surface area contributed by atoms with E-state index >= 15 is 0 Å². The van der Waals surface area contributed by atoms with Crippen LogP contribution in [0.25, 0.3) is 0 Å². The molecule has 0 amide bonds. The van der Waals surface area contributed by atoms with Gasteiger partial charge in [0.2, 0.25) is 0 Å². The van der Waals surface area contributed by atoms with E-state index < -0.39 is 55.1 Å². The molecule has 6 atom stereocenters. The molecule has 0 aromatic carbocycles. The number of carboxylic acid groups (broad SMARTS) is 1. The van der Waals surface area contributed by atoms with Crippen LogP contribution >= 0.6 is 0 Å². The van der Waals surface area contributed by atoms with Crippen LogP contribution in [0.2, 0.25) is 0 Å². The first-order chi connectivity index (χ1) is 10.8. The second-order valence-corrected chi connectivity index (χ2v) is 5.39. The lowest BCUT2D eigenvalue weighted by Gasteiger charge is -2.40. The molecule has 1 unspecified atom stereocenters. The molecule has 10 heteroatoms. The predicted octanol–water partition coefficient (Wildman–Crippen LogP) is -3.08. The standard InChI is InChI=1S/C13H24N2O8/c14-4-2-1-3-6(15)13(21)23-10-9(18)8(17)7(5-16)22-11(10)12(19)20/h6-11,16-18H,1-5,14-15H2,(H,19,20)/t6-,7+,8-,9-,10+,11?/m0/s1. The van der Waals surface area contributed by atoms with Gasteiger partial charge in [-0.1, -0.05) is 6.42 Å². The molecule has 0 saturated carbocycles. The first-order valence-electron chi connectivity index (χ1n) is 7.34. The van der Waals surface area contributed by atoms with Gasteiger partial charge in [0.15, 0.2) is 12.2 Å². The molecule has 0 aromatic heterocycles. The molecule has 23 heavy (non-hydrogen) atoms. The third-order valence-corrected chi connectivity index (χ3v) is 3.63. The van der Waals surface area contributed by atoms with Crippen molar-refractivity contribution >= 4 is 11.9 Å². The van der Waals surface area contributed by atoms with Crippen molar-refractivity contribution in [1.82, 2.24) is 0 Å². The van der Waals surface area contributed by atoms with Gasteiger partial charge in [0.1, 0.15) is 24.4 Å². The van der Waals surface area contributed by atoms with Crippen molar-refractivity contribution in [2.45, 2.75) is 55.8 Å². The average molecular weight is 336 g/mol. The molecule has 1 heterocycles. The highest BCUT2D eigenvalue weighted by molar-refractivity contribution is 5.78. The zero-order valence-corrected chi connectivity index (χ0v) is 12.6. The Morgan fingerprint density at radius 2 is 1.87 bits per heavy atom. The van der Waals surface area contributed by atoms with Gasteiger partial charge in [-0.3, -0.25) is 4.79 Å². The fourth-order valence-electron chi connectivity index (χ4n) is 2.27. The average Bonchev–Trinajstić information content (AvgIpc) is 2.51. The summed E-state index contributed by atoms with van der Waals surface area (Å²) < 4.78 is 9.92. The van der Waals surface area contributed by atoms with Crippen LogP contribution in [-0.4, -0.2) is 82.1 Å². The highest BCUT2D eigenvalue weighted by Crippen LogP contribution is 2.24. The number of aliphatic hydroxyl groups is 3. The van der Waals surface area contributed by atoms with Crippen LogP contribution in [0.5, 0.6) is 0 Å². The molecule has 8 N–H and O–H groups in total. The van der Waals surface area contributed by atoms with E-state index in [2.05, 4.69) is 0 Å². The molecule has 1 aliphatic heterocycles. The van der Waals surface area contributed by atoms with E-state index in [4.69, 9.17) is 31.2 Å². The minimum atomic E-state index is -1.72. The number of hydrogen-bond acceptors (Lipinski definition) is 9. The summed E-state index contributed by atoms with van der Waals surface area (Å²) in [6.07, 6.45) is -6.40. The van der Waals surface area contributed by atoms with Crippen LogP contribution in [0.15, 0.2) is 0 Å². The van der Waals surface area contributed by atoms with Gasteiger partial charge < -0.3 is 41.4 Å². The largest absolute Gasteiger partial charge is 0.479 e. The number of esters is 1. The van der Waals surface area contributed by atoms with Crippen LogP contribution in [-0.2, 0) is 19.1 Å². The van der Waals surface area contributed by atoms with E-state index in [-0.39, 0.29) is 0 Å². The molecule has 10 nitrogen and oxygen atoms in total. The Morgan fingerprint density at radius 3 is 2.39 bits per heavy atom. The first kappa shape index (κ1) is 19.7. The molecule has 0 spiro atoms. The smallest absolute Gasteiger partial charge is 0.336 e. The maximum atomic E-state index is 11.9. The van der Waals surface area contributed by atoms with E-state index in [1.54, 1.807) is 0 Å². The van der Waals surface area contributed by atoms with Crippen LogP contribution in [0, 0.1) is 0 Å². The third-order valence-electron chi connectivity index (χ3n) is 3.63. The van der Waals surface area contributed by atoms with Crippen molar-refractivity contribution in [3.63, 3.8) is 0 Å². The number of aliphatic hydroxyl groups excluding tert-OH is 3. The summed E-state index contributed by atoms with van der Waals surface area (Å²) in [5.41, 5.74) is 11.0. The van der Waals surface area contributed by atoms with E-state index in [9.17, 15) is 19.8 Å². The molecule has 0 bridgehead atoms. The third kappa shape index (κ3) is 5.09. The number of aliphatic carboxylic acids is 1. The van der Waals surface area contributed by atoms with Crippen LogP contribution in [0.4, 0.5) is 0 Å². The van der Waals surface area contributed by atoms with Gasteiger partial charge in [0.25, 0.3) is 0 Å². The Labute approximate surface area is 133 Å². The number of nitrogens with two attached hydrogens (primary N) is 2. The summed E-state index contributed by atoms with van der Waals surface area (Å²) in [6.45, 7) is -0.242. The summed E-state index contributed by atoms with van der Waals surface area (Å²) in [6, 6.07) is -1.00. The van der Waals surface area contributed by atoms with Crippen molar-refractivity contribution in [2.24, 2.45) is 11.5 Å². The Balaban J connectivity index is 2.74. The Morgan fingerprint density at radius 1 is 1.22 bits per heavy atom. The summed E-state index contributed by atoms with van der Waals surface area (Å²) in [7, 11) is 0. The second-order valence-electron chi connectivity index (χ2n) is 5.39. The number of carbonyl (C=O) groups is 2. The van der Waals surface area contributed by atoms with Gasteiger partial charge in [0.05, 0.1) is 6.61 Å². The molecular formula is C13H24N2O8. The van der Waals surface area contributed by atoms with Crippen molar-refractivity contribution in [3.8, 4) is 0 Å². The topological polar surface area (TPSA) is 186 Å². The lowest BCUT2D eigenvalue weighted by molar-refractivity contribution is -0.241. The maximum absolute atomic E-state index is 11.9. The van der Waals surface area contributed by atoms with Gasteiger partial charge in [-0.25, -0.2) is 4.79 Å². The molecule has 1 rings (SSSR count). The maximum Gasteiger partial charge on any atom is 0.336 e. The van der Waals surface area contributed by atoms with Crippen LogP contribution < -0.4 is 11.5 Å². The lowest BCUT2D eigenvalue weighted by Crippen LogP contribution is -2.62. The molecule has 1 aliphatic rings. The molecule has 0 aliphatic carbocycles. The summed E-state index contributed by atoms with van der Waals surface area (Å²) in [4.78, 5) is 23.1. The van der Waals surface area contributed by atoms with E-state index in [1.165, 1.54) is 0 Å². The Kier molecular flexibility index (Phi) is 7.82. The minimum Gasteiger partial charge on any atom is -0.479 e. The molecule has 134 valence electrons. The van der Waals surface area contributed by atoms with Gasteiger partial charge in [0, 0.05) is 0 Å². The Bertz CT molecular complexity index is 407. The van der Waals surface area contributed by atoms with Crippen molar-refractivity contribution < 1.29 is 39.5 Å². The highest BCUT2D eigenvalue weighted by Gasteiger charge is 2.49. The van der Waals surface area contributed by atoms with E-state index in [0.29, 0.717) is 25.8 Å². The van der Waals surface area contributed by atoms with Crippen LogP contribution in [0.3, 0.4) is 0 Å². The fourth-order valence-corrected chi connectivity index (χ4v) is 2.27. The Hall–Kier alpha value is -1.30. The van der Waals surface area contributed by atoms with Gasteiger partial charge in [-0.05, 0) is 19.4 Å². The summed E-state index contributed by atoms with van der Waals surface area (Å²) >= 11 is 0. The number of hydrogen-bond donors (Lipinski definition) is 6. The number of rotatable bonds is 8. The minimum absolute atomic E-state index is 0.291. The number of carbonyl (C=O) groups excluding carboxylic acids is 1. The van der Waals surface area contributed by atoms with Crippen molar-refractivity contribution in [2.75, 3.05) is 13.2 Å². The second kappa shape index (κ2) is 9.11. The SMILES string of the molecule is NCCCC[C@H](N)C(=O)O[C@H]1C(C(=O)O)O[C@H](CO)[C@H](O)[C@@H]1O. The molecule has 1 fully saturated rings. The number of carboxylic acids is 1. The van der Waals surface area contributed by atoms with Crippen molar-refractivity contribution in [1.29, 1.82) is 0 Å². The highest BCUT2D eigenvalue weighted by atomic mass is 16.6. The molecule has 0 radical (unpaired) electrons. The predicted molar refractivity (Wildman–Crippen MR) is 76.2 cm³/mol. The van der Waals surface area contributed by atoms with Crippen molar-refractivity contribution in [3.05, 3.63) is 0 Å². The van der Waals surface area contributed by atoms with Gasteiger partial charge in [-0.2, -0.15) is 0 Å².